The van der Waals surface area contributed by atoms with Crippen LogP contribution in [0, 0.1) is 13.8 Å². The Kier molecular flexibility index (Phi) is 6.12. The van der Waals surface area contributed by atoms with Gasteiger partial charge in [-0.2, -0.15) is 0 Å². The Morgan fingerprint density at radius 2 is 1.84 bits per heavy atom. The molecule has 0 unspecified atom stereocenters. The fourth-order valence-electron chi connectivity index (χ4n) is 3.65. The van der Waals surface area contributed by atoms with Crippen LogP contribution in [0.3, 0.4) is 0 Å². The maximum Gasteiger partial charge on any atom is 0.244 e. The predicted octanol–water partition coefficient (Wildman–Crippen LogP) is 4.76. The van der Waals surface area contributed by atoms with E-state index in [1.807, 2.05) is 62.4 Å². The molecule has 1 aliphatic heterocycles. The molecule has 2 amide bonds. The van der Waals surface area contributed by atoms with E-state index in [-0.39, 0.29) is 24.8 Å². The molecule has 32 heavy (non-hydrogen) atoms. The molecule has 4 rings (SSSR count). The first-order valence-electron chi connectivity index (χ1n) is 10.7. The Labute approximate surface area is 188 Å². The fraction of sp³-hybridized carbons (Fsp3) is 0.231. The van der Waals surface area contributed by atoms with Crippen LogP contribution in [0.4, 0.5) is 17.2 Å². The molecule has 0 bridgehead atoms. The van der Waals surface area contributed by atoms with Crippen molar-refractivity contribution < 1.29 is 9.59 Å². The minimum absolute atomic E-state index is 0.0960. The van der Waals surface area contributed by atoms with Crippen LogP contribution in [0.2, 0.25) is 0 Å². The lowest BCUT2D eigenvalue weighted by Crippen LogP contribution is -2.39. The number of hydrogen-bond acceptors (Lipinski definition) is 4. The Hall–Kier alpha value is -3.80. The molecular formula is C26H26N4O2. The molecule has 6 heteroatoms. The summed E-state index contributed by atoms with van der Waals surface area (Å²) in [5.41, 5.74) is 6.31. The third-order valence-electron chi connectivity index (χ3n) is 5.68. The van der Waals surface area contributed by atoms with E-state index in [0.717, 1.165) is 23.1 Å². The number of rotatable bonds is 5. The fourth-order valence-corrected chi connectivity index (χ4v) is 3.65. The molecule has 0 spiro atoms. The second-order valence-corrected chi connectivity index (χ2v) is 7.96. The normalized spacial score (nSPS) is 13.3. The van der Waals surface area contributed by atoms with Crippen LogP contribution in [-0.2, 0) is 16.0 Å². The van der Waals surface area contributed by atoms with Crippen molar-refractivity contribution in [3.63, 3.8) is 0 Å². The molecule has 6 nitrogen and oxygen atoms in total. The van der Waals surface area contributed by atoms with E-state index in [1.54, 1.807) is 12.3 Å². The van der Waals surface area contributed by atoms with E-state index in [1.165, 1.54) is 10.5 Å². The van der Waals surface area contributed by atoms with Crippen LogP contribution < -0.4 is 10.2 Å². The lowest BCUT2D eigenvalue weighted by atomic mass is 10.0. The Balaban J connectivity index is 1.59. The maximum absolute atomic E-state index is 13.2. The van der Waals surface area contributed by atoms with E-state index in [0.29, 0.717) is 22.9 Å². The average molecular weight is 427 g/mol. The summed E-state index contributed by atoms with van der Waals surface area (Å²) in [6.07, 6.45) is 2.65. The van der Waals surface area contributed by atoms with Gasteiger partial charge < -0.3 is 5.32 Å². The summed E-state index contributed by atoms with van der Waals surface area (Å²) in [6, 6.07) is 17.4. The molecule has 162 valence electrons. The van der Waals surface area contributed by atoms with Gasteiger partial charge in [-0.15, -0.1) is 0 Å². The number of carbonyl (C=O) groups is 2. The summed E-state index contributed by atoms with van der Waals surface area (Å²) >= 11 is 0. The van der Waals surface area contributed by atoms with Crippen LogP contribution >= 0.6 is 0 Å². The molecule has 3 aromatic rings. The molecule has 0 radical (unpaired) electrons. The highest BCUT2D eigenvalue weighted by atomic mass is 16.2. The zero-order valence-electron chi connectivity index (χ0n) is 18.6. The van der Waals surface area contributed by atoms with Crippen molar-refractivity contribution in [3.8, 4) is 0 Å². The van der Waals surface area contributed by atoms with Gasteiger partial charge in [-0.05, 0) is 66.8 Å². The van der Waals surface area contributed by atoms with E-state index >= 15 is 0 Å². The molecule has 0 fully saturated rings. The van der Waals surface area contributed by atoms with Gasteiger partial charge in [-0.25, -0.2) is 9.98 Å². The van der Waals surface area contributed by atoms with Crippen molar-refractivity contribution in [3.05, 3.63) is 83.0 Å². The van der Waals surface area contributed by atoms with Gasteiger partial charge in [0.2, 0.25) is 11.8 Å². The van der Waals surface area contributed by atoms with E-state index < -0.39 is 0 Å². The summed E-state index contributed by atoms with van der Waals surface area (Å²) in [5.74, 6) is -0.0992. The van der Waals surface area contributed by atoms with Gasteiger partial charge in [0, 0.05) is 11.9 Å². The van der Waals surface area contributed by atoms with Crippen molar-refractivity contribution >= 4 is 34.7 Å². The number of amides is 2. The minimum Gasteiger partial charge on any atom is -0.325 e. The highest BCUT2D eigenvalue weighted by Crippen LogP contribution is 2.31. The molecule has 0 aliphatic carbocycles. The summed E-state index contributed by atoms with van der Waals surface area (Å²) in [5, 5.41) is 2.89. The quantitative estimate of drug-likeness (QED) is 0.639. The van der Waals surface area contributed by atoms with Crippen LogP contribution in [0.15, 0.2) is 65.8 Å². The molecular weight excluding hydrogens is 400 g/mol. The number of nitrogens with zero attached hydrogens (tertiary/aromatic N) is 3. The maximum atomic E-state index is 13.2. The number of aromatic nitrogens is 1. The Bertz CT molecular complexity index is 1200. The smallest absolute Gasteiger partial charge is 0.244 e. The van der Waals surface area contributed by atoms with Gasteiger partial charge in [0.05, 0.1) is 12.1 Å². The highest BCUT2D eigenvalue weighted by Gasteiger charge is 2.27. The van der Waals surface area contributed by atoms with Gasteiger partial charge in [0.1, 0.15) is 12.2 Å². The summed E-state index contributed by atoms with van der Waals surface area (Å²) in [4.78, 5) is 36.5. The Morgan fingerprint density at radius 3 is 2.56 bits per heavy atom. The number of aryl methyl sites for hydroxylation is 3. The first-order valence-corrected chi connectivity index (χ1v) is 10.7. The number of nitrogens with one attached hydrogen (secondary N) is 1. The van der Waals surface area contributed by atoms with Crippen LogP contribution in [-0.4, -0.2) is 29.1 Å². The largest absolute Gasteiger partial charge is 0.325 e. The molecule has 1 N–H and O–H groups in total. The van der Waals surface area contributed by atoms with Crippen LogP contribution in [0.1, 0.15) is 35.6 Å². The predicted molar refractivity (Wildman–Crippen MR) is 128 cm³/mol. The van der Waals surface area contributed by atoms with E-state index in [9.17, 15) is 9.59 Å². The molecule has 2 aromatic carbocycles. The first-order chi connectivity index (χ1) is 15.4. The standard InChI is InChI=1S/C26H26N4O2/c1-4-19-8-10-20(11-9-19)23-15-25(32)30(26-22(29-23)6-5-13-27-26)16-24(31)28-21-12-7-17(2)18(3)14-21/h5-14H,4,15-16H2,1-3H3,(H,28,31). The average Bonchev–Trinajstić information content (AvgIpc) is 2.93. The number of pyridine rings is 1. The SMILES string of the molecule is CCc1ccc(C2=Nc3cccnc3N(CC(=O)Nc3ccc(C)c(C)c3)C(=O)C2)cc1. The van der Waals surface area contributed by atoms with Crippen molar-refractivity contribution in [1.29, 1.82) is 0 Å². The Morgan fingerprint density at radius 1 is 1.06 bits per heavy atom. The number of benzene rings is 2. The minimum atomic E-state index is -0.283. The number of hydrogen-bond donors (Lipinski definition) is 1. The molecule has 1 aromatic heterocycles. The first kappa shape index (κ1) is 21.4. The second kappa shape index (κ2) is 9.14. The number of carbonyl (C=O) groups excluding carboxylic acids is 2. The number of anilines is 2. The molecule has 2 heterocycles. The highest BCUT2D eigenvalue weighted by molar-refractivity contribution is 6.18. The number of fused-ring (bicyclic) bond motifs is 1. The third-order valence-corrected chi connectivity index (χ3v) is 5.68. The summed E-state index contributed by atoms with van der Waals surface area (Å²) < 4.78 is 0. The molecule has 0 atom stereocenters. The number of aliphatic imine (C=N–C) groups is 1. The van der Waals surface area contributed by atoms with E-state index in [2.05, 4.69) is 17.2 Å². The van der Waals surface area contributed by atoms with Gasteiger partial charge in [0.25, 0.3) is 0 Å². The molecule has 0 saturated heterocycles. The van der Waals surface area contributed by atoms with Crippen LogP contribution in [0.5, 0.6) is 0 Å². The van der Waals surface area contributed by atoms with Gasteiger partial charge in [-0.3, -0.25) is 14.5 Å². The zero-order valence-corrected chi connectivity index (χ0v) is 18.6. The van der Waals surface area contributed by atoms with E-state index in [4.69, 9.17) is 4.99 Å². The van der Waals surface area contributed by atoms with Crippen molar-refractivity contribution in [2.75, 3.05) is 16.8 Å². The lowest BCUT2D eigenvalue weighted by Gasteiger charge is -2.20. The summed E-state index contributed by atoms with van der Waals surface area (Å²) in [7, 11) is 0. The monoisotopic (exact) mass is 426 g/mol. The van der Waals surface area contributed by atoms with Crippen LogP contribution in [0.25, 0.3) is 0 Å². The lowest BCUT2D eigenvalue weighted by molar-refractivity contribution is -0.120. The summed E-state index contributed by atoms with van der Waals surface area (Å²) in [6.45, 7) is 5.99. The second-order valence-electron chi connectivity index (χ2n) is 7.96. The third kappa shape index (κ3) is 4.59. The van der Waals surface area contributed by atoms with Gasteiger partial charge in [-0.1, -0.05) is 37.3 Å². The van der Waals surface area contributed by atoms with Crippen molar-refractivity contribution in [1.82, 2.24) is 4.98 Å². The van der Waals surface area contributed by atoms with Gasteiger partial charge >= 0.3 is 0 Å². The van der Waals surface area contributed by atoms with Crippen molar-refractivity contribution in [2.45, 2.75) is 33.6 Å². The molecule has 0 saturated carbocycles. The molecule has 1 aliphatic rings. The topological polar surface area (TPSA) is 74.7 Å². The van der Waals surface area contributed by atoms with Gasteiger partial charge in [0.15, 0.2) is 5.82 Å². The van der Waals surface area contributed by atoms with Crippen molar-refractivity contribution in [2.24, 2.45) is 4.99 Å². The zero-order chi connectivity index (χ0) is 22.7.